The molecule has 0 aromatic heterocycles. The molecule has 0 saturated heterocycles. The highest BCUT2D eigenvalue weighted by Crippen LogP contribution is 1.97. The normalized spacial score (nSPS) is 12.0. The van der Waals surface area contributed by atoms with E-state index in [4.69, 9.17) is 5.73 Å². The number of hydrogen-bond donors (Lipinski definition) is 3. The molecule has 0 heterocycles. The number of amides is 2. The van der Waals surface area contributed by atoms with E-state index in [9.17, 15) is 9.59 Å². The molecule has 4 N–H and O–H groups in total. The second-order valence-electron chi connectivity index (χ2n) is 4.76. The van der Waals surface area contributed by atoms with Crippen LogP contribution in [0.3, 0.4) is 0 Å². The van der Waals surface area contributed by atoms with Gasteiger partial charge in [0.2, 0.25) is 5.91 Å². The summed E-state index contributed by atoms with van der Waals surface area (Å²) in [4.78, 5) is 23.2. The Morgan fingerprint density at radius 1 is 1.16 bits per heavy atom. The molecular weight excluding hydrogens is 242 g/mol. The van der Waals surface area contributed by atoms with Gasteiger partial charge in [0.25, 0.3) is 5.91 Å². The van der Waals surface area contributed by atoms with Gasteiger partial charge in [-0.15, -0.1) is 0 Å². The molecule has 1 aromatic carbocycles. The summed E-state index contributed by atoms with van der Waals surface area (Å²) in [6.07, 6.45) is 0. The van der Waals surface area contributed by atoms with E-state index in [1.54, 1.807) is 24.3 Å². The van der Waals surface area contributed by atoms with Crippen LogP contribution in [-0.2, 0) is 4.79 Å². The third-order valence-corrected chi connectivity index (χ3v) is 2.84. The van der Waals surface area contributed by atoms with Crippen molar-refractivity contribution in [1.82, 2.24) is 10.6 Å². The Morgan fingerprint density at radius 3 is 2.37 bits per heavy atom. The number of nitrogens with two attached hydrogens (primary N) is 1. The van der Waals surface area contributed by atoms with E-state index in [-0.39, 0.29) is 24.4 Å². The lowest BCUT2D eigenvalue weighted by molar-refractivity contribution is -0.120. The van der Waals surface area contributed by atoms with Crippen LogP contribution in [0.2, 0.25) is 0 Å². The Labute approximate surface area is 113 Å². The van der Waals surface area contributed by atoms with Crippen molar-refractivity contribution < 1.29 is 9.59 Å². The lowest BCUT2D eigenvalue weighted by Gasteiger charge is -2.16. The van der Waals surface area contributed by atoms with Gasteiger partial charge in [-0.05, 0) is 18.1 Å². The van der Waals surface area contributed by atoms with Gasteiger partial charge in [-0.1, -0.05) is 32.0 Å². The summed E-state index contributed by atoms with van der Waals surface area (Å²) < 4.78 is 0. The van der Waals surface area contributed by atoms with Crippen molar-refractivity contribution in [1.29, 1.82) is 0 Å². The molecule has 5 nitrogen and oxygen atoms in total. The predicted molar refractivity (Wildman–Crippen MR) is 74.6 cm³/mol. The van der Waals surface area contributed by atoms with E-state index in [2.05, 4.69) is 10.6 Å². The average Bonchev–Trinajstić information content (AvgIpc) is 2.42. The van der Waals surface area contributed by atoms with Crippen LogP contribution in [0.5, 0.6) is 0 Å². The van der Waals surface area contributed by atoms with Crippen molar-refractivity contribution in [3.8, 4) is 0 Å². The topological polar surface area (TPSA) is 84.2 Å². The van der Waals surface area contributed by atoms with E-state index in [1.807, 2.05) is 19.9 Å². The van der Waals surface area contributed by atoms with Gasteiger partial charge in [-0.25, -0.2) is 0 Å². The van der Waals surface area contributed by atoms with Crippen molar-refractivity contribution in [3.63, 3.8) is 0 Å². The molecule has 0 radical (unpaired) electrons. The molecule has 1 rings (SSSR count). The van der Waals surface area contributed by atoms with E-state index >= 15 is 0 Å². The maximum absolute atomic E-state index is 11.7. The standard InChI is InChI=1S/C14H21N3O2/c1-10(2)12(15)8-16-13(18)9-17-14(19)11-6-4-3-5-7-11/h3-7,10,12H,8-9,15H2,1-2H3,(H,16,18)(H,17,19). The molecule has 1 unspecified atom stereocenters. The number of benzene rings is 1. The molecule has 0 aliphatic carbocycles. The van der Waals surface area contributed by atoms with Crippen molar-refractivity contribution >= 4 is 11.8 Å². The molecule has 104 valence electrons. The summed E-state index contributed by atoms with van der Waals surface area (Å²) in [6, 6.07) is 8.70. The van der Waals surface area contributed by atoms with Crippen LogP contribution in [0.25, 0.3) is 0 Å². The summed E-state index contributed by atoms with van der Waals surface area (Å²) in [7, 11) is 0. The SMILES string of the molecule is CC(C)C(N)CNC(=O)CNC(=O)c1ccccc1. The van der Waals surface area contributed by atoms with E-state index in [0.29, 0.717) is 18.0 Å². The minimum absolute atomic E-state index is 0.0431. The van der Waals surface area contributed by atoms with E-state index < -0.39 is 0 Å². The summed E-state index contributed by atoms with van der Waals surface area (Å²) in [5.41, 5.74) is 6.35. The summed E-state index contributed by atoms with van der Waals surface area (Å²) in [5, 5.41) is 5.25. The van der Waals surface area contributed by atoms with Gasteiger partial charge in [0.1, 0.15) is 0 Å². The van der Waals surface area contributed by atoms with E-state index in [1.165, 1.54) is 0 Å². The van der Waals surface area contributed by atoms with Gasteiger partial charge in [-0.3, -0.25) is 9.59 Å². The van der Waals surface area contributed by atoms with Crippen molar-refractivity contribution in [2.75, 3.05) is 13.1 Å². The lowest BCUT2D eigenvalue weighted by Crippen LogP contribution is -2.44. The van der Waals surface area contributed by atoms with E-state index in [0.717, 1.165) is 0 Å². The first-order chi connectivity index (χ1) is 9.00. The average molecular weight is 263 g/mol. The number of carbonyl (C=O) groups excluding carboxylic acids is 2. The van der Waals surface area contributed by atoms with Gasteiger partial charge in [0.15, 0.2) is 0 Å². The zero-order valence-corrected chi connectivity index (χ0v) is 11.3. The van der Waals surface area contributed by atoms with Crippen LogP contribution in [0.1, 0.15) is 24.2 Å². The molecule has 5 heteroatoms. The highest BCUT2D eigenvalue weighted by atomic mass is 16.2. The first-order valence-corrected chi connectivity index (χ1v) is 6.36. The summed E-state index contributed by atoms with van der Waals surface area (Å²) >= 11 is 0. The van der Waals surface area contributed by atoms with Crippen LogP contribution in [0.15, 0.2) is 30.3 Å². The van der Waals surface area contributed by atoms with Gasteiger partial charge in [0.05, 0.1) is 6.54 Å². The zero-order chi connectivity index (χ0) is 14.3. The van der Waals surface area contributed by atoms with Crippen molar-refractivity contribution in [3.05, 3.63) is 35.9 Å². The van der Waals surface area contributed by atoms with Crippen LogP contribution in [0, 0.1) is 5.92 Å². The molecule has 1 atom stereocenters. The highest BCUT2D eigenvalue weighted by Gasteiger charge is 2.10. The second-order valence-corrected chi connectivity index (χ2v) is 4.76. The first kappa shape index (κ1) is 15.2. The molecule has 2 amide bonds. The zero-order valence-electron chi connectivity index (χ0n) is 11.3. The van der Waals surface area contributed by atoms with Crippen LogP contribution >= 0.6 is 0 Å². The molecule has 0 spiro atoms. The van der Waals surface area contributed by atoms with Gasteiger partial charge >= 0.3 is 0 Å². The van der Waals surface area contributed by atoms with Crippen molar-refractivity contribution in [2.24, 2.45) is 11.7 Å². The fraction of sp³-hybridized carbons (Fsp3) is 0.429. The van der Waals surface area contributed by atoms with Gasteiger partial charge < -0.3 is 16.4 Å². The molecular formula is C14H21N3O2. The number of nitrogens with one attached hydrogen (secondary N) is 2. The number of hydrogen-bond acceptors (Lipinski definition) is 3. The smallest absolute Gasteiger partial charge is 0.251 e. The Kier molecular flexibility index (Phi) is 6.02. The number of rotatable bonds is 6. The summed E-state index contributed by atoms with van der Waals surface area (Å²) in [5.74, 6) is -0.191. The maximum Gasteiger partial charge on any atom is 0.251 e. The molecule has 19 heavy (non-hydrogen) atoms. The minimum atomic E-state index is -0.260. The highest BCUT2D eigenvalue weighted by molar-refractivity contribution is 5.96. The lowest BCUT2D eigenvalue weighted by atomic mass is 10.1. The molecule has 0 bridgehead atoms. The molecule has 0 aliphatic heterocycles. The van der Waals surface area contributed by atoms with Crippen LogP contribution in [0.4, 0.5) is 0 Å². The minimum Gasteiger partial charge on any atom is -0.353 e. The van der Waals surface area contributed by atoms with Gasteiger partial charge in [-0.2, -0.15) is 0 Å². The van der Waals surface area contributed by atoms with Crippen LogP contribution in [-0.4, -0.2) is 30.9 Å². The molecule has 0 saturated carbocycles. The van der Waals surface area contributed by atoms with Gasteiger partial charge in [0, 0.05) is 18.2 Å². The maximum atomic E-state index is 11.7. The largest absolute Gasteiger partial charge is 0.353 e. The fourth-order valence-electron chi connectivity index (χ4n) is 1.38. The monoisotopic (exact) mass is 263 g/mol. The Hall–Kier alpha value is -1.88. The summed E-state index contributed by atoms with van der Waals surface area (Å²) in [6.45, 7) is 4.36. The molecule has 0 aliphatic rings. The third-order valence-electron chi connectivity index (χ3n) is 2.84. The second kappa shape index (κ2) is 7.53. The molecule has 1 aromatic rings. The number of carbonyl (C=O) groups is 2. The van der Waals surface area contributed by atoms with Crippen LogP contribution < -0.4 is 16.4 Å². The third kappa shape index (κ3) is 5.52. The Balaban J connectivity index is 2.29. The predicted octanol–water partition coefficient (Wildman–Crippen LogP) is 0.516. The molecule has 0 fully saturated rings. The first-order valence-electron chi connectivity index (χ1n) is 6.36. The Bertz CT molecular complexity index is 418. The quantitative estimate of drug-likeness (QED) is 0.699. The Morgan fingerprint density at radius 2 is 1.79 bits per heavy atom. The fourth-order valence-corrected chi connectivity index (χ4v) is 1.38. The van der Waals surface area contributed by atoms with Crippen molar-refractivity contribution in [2.45, 2.75) is 19.9 Å².